The van der Waals surface area contributed by atoms with E-state index in [2.05, 4.69) is 25.5 Å². The lowest BCUT2D eigenvalue weighted by molar-refractivity contribution is 0.366. The van der Waals surface area contributed by atoms with Crippen LogP contribution >= 0.6 is 19.5 Å². The molecular formula is C7H15N6O3PS. The van der Waals surface area contributed by atoms with E-state index in [0.717, 1.165) is 11.6 Å². The number of thioether (sulfide) groups is 1. The molecule has 9 nitrogen and oxygen atoms in total. The van der Waals surface area contributed by atoms with Crippen LogP contribution in [0.15, 0.2) is 11.3 Å². The highest BCUT2D eigenvalue weighted by molar-refractivity contribution is 7.98. The Labute approximate surface area is 108 Å². The molecule has 1 aromatic heterocycles. The van der Waals surface area contributed by atoms with Crippen molar-refractivity contribution in [2.45, 2.75) is 5.75 Å². The van der Waals surface area contributed by atoms with Crippen LogP contribution in [0.3, 0.4) is 0 Å². The molecule has 102 valence electrons. The van der Waals surface area contributed by atoms with Gasteiger partial charge in [-0.1, -0.05) is 0 Å². The molecule has 11 heteroatoms. The predicted molar refractivity (Wildman–Crippen MR) is 69.1 cm³/mol. The summed E-state index contributed by atoms with van der Waals surface area (Å²) in [4.78, 5) is 25.1. The molecule has 1 aromatic rings. The van der Waals surface area contributed by atoms with Gasteiger partial charge in [0.05, 0.1) is 5.75 Å². The van der Waals surface area contributed by atoms with Crippen LogP contribution in [0.25, 0.3) is 0 Å². The van der Waals surface area contributed by atoms with E-state index < -0.39 is 7.75 Å². The van der Waals surface area contributed by atoms with Gasteiger partial charge in [-0.15, -0.1) is 0 Å². The van der Waals surface area contributed by atoms with Crippen molar-refractivity contribution in [3.8, 4) is 0 Å². The third kappa shape index (κ3) is 6.60. The van der Waals surface area contributed by atoms with Crippen LogP contribution < -0.4 is 10.4 Å². The van der Waals surface area contributed by atoms with Crippen LogP contribution in [0.4, 0.5) is 0 Å². The molecule has 0 bridgehead atoms. The number of guanidine groups is 1. The normalized spacial score (nSPS) is 12.5. The predicted octanol–water partition coefficient (Wildman–Crippen LogP) is -0.704. The molecule has 0 atom stereocenters. The van der Waals surface area contributed by atoms with E-state index in [1.54, 1.807) is 11.8 Å². The Balaban J connectivity index is 2.14. The number of nitrogens with one attached hydrogen (secondary N) is 3. The van der Waals surface area contributed by atoms with Crippen LogP contribution in [0, 0.1) is 0 Å². The molecule has 18 heavy (non-hydrogen) atoms. The number of rotatable bonds is 6. The second-order valence-corrected chi connectivity index (χ2v) is 5.56. The fraction of sp³-hybridized carbons (Fsp3) is 0.571. The van der Waals surface area contributed by atoms with Gasteiger partial charge in [0.1, 0.15) is 12.2 Å². The highest BCUT2D eigenvalue weighted by Crippen LogP contribution is 2.27. The van der Waals surface area contributed by atoms with Gasteiger partial charge < -0.3 is 15.1 Å². The maximum Gasteiger partial charge on any atom is 0.429 e. The van der Waals surface area contributed by atoms with E-state index in [4.69, 9.17) is 9.79 Å². The van der Waals surface area contributed by atoms with Gasteiger partial charge in [-0.25, -0.2) is 9.55 Å². The maximum absolute atomic E-state index is 10.7. The largest absolute Gasteiger partial charge is 0.429 e. The molecule has 0 aromatic carbocycles. The van der Waals surface area contributed by atoms with Crippen LogP contribution in [0.2, 0.25) is 0 Å². The zero-order valence-corrected chi connectivity index (χ0v) is 11.4. The Morgan fingerprint density at radius 1 is 1.67 bits per heavy atom. The van der Waals surface area contributed by atoms with E-state index in [-0.39, 0.29) is 5.96 Å². The number of H-pyrrole nitrogens is 1. The lowest BCUT2D eigenvalue weighted by atomic mass is 10.7. The average molecular weight is 294 g/mol. The van der Waals surface area contributed by atoms with Gasteiger partial charge in [0.25, 0.3) is 0 Å². The third-order valence-corrected chi connectivity index (χ3v) is 3.19. The van der Waals surface area contributed by atoms with E-state index in [9.17, 15) is 4.57 Å². The summed E-state index contributed by atoms with van der Waals surface area (Å²) in [5.74, 6) is 2.30. The zero-order valence-electron chi connectivity index (χ0n) is 9.70. The van der Waals surface area contributed by atoms with Gasteiger partial charge in [0.15, 0.2) is 5.96 Å². The molecule has 0 aliphatic rings. The fourth-order valence-corrected chi connectivity index (χ4v) is 2.20. The van der Waals surface area contributed by atoms with Crippen LogP contribution in [-0.2, 0) is 10.3 Å². The quantitative estimate of drug-likeness (QED) is 0.201. The molecule has 5 N–H and O–H groups in total. The van der Waals surface area contributed by atoms with Crippen molar-refractivity contribution < 1.29 is 14.4 Å². The van der Waals surface area contributed by atoms with Crippen molar-refractivity contribution in [3.05, 3.63) is 12.2 Å². The van der Waals surface area contributed by atoms with Gasteiger partial charge in [0, 0.05) is 19.3 Å². The number of aliphatic imine (C=N–C) groups is 1. The Kier molecular flexibility index (Phi) is 6.13. The molecule has 0 radical (unpaired) electrons. The second kappa shape index (κ2) is 7.37. The van der Waals surface area contributed by atoms with Gasteiger partial charge in [-0.3, -0.25) is 15.2 Å². The summed E-state index contributed by atoms with van der Waals surface area (Å²) in [6, 6.07) is 0. The summed E-state index contributed by atoms with van der Waals surface area (Å²) in [6.07, 6.45) is 1.44. The molecule has 0 spiro atoms. The van der Waals surface area contributed by atoms with E-state index >= 15 is 0 Å². The average Bonchev–Trinajstić information content (AvgIpc) is 2.78. The van der Waals surface area contributed by atoms with E-state index in [0.29, 0.717) is 12.3 Å². The van der Waals surface area contributed by atoms with Crippen molar-refractivity contribution >= 4 is 25.5 Å². The Morgan fingerprint density at radius 3 is 3.00 bits per heavy atom. The van der Waals surface area contributed by atoms with Crippen LogP contribution in [0.1, 0.15) is 5.82 Å². The number of aromatic amines is 1. The topological polar surface area (TPSA) is 136 Å². The van der Waals surface area contributed by atoms with Crippen molar-refractivity contribution in [2.75, 3.05) is 19.3 Å². The summed E-state index contributed by atoms with van der Waals surface area (Å²) in [7, 11) is -2.87. The molecule has 0 saturated carbocycles. The van der Waals surface area contributed by atoms with Gasteiger partial charge in [-0.2, -0.15) is 16.9 Å². The summed E-state index contributed by atoms with van der Waals surface area (Å²) in [5.41, 5.74) is 0. The minimum Gasteiger partial charge on any atom is -0.355 e. The number of hydrogen-bond acceptors (Lipinski definition) is 5. The minimum absolute atomic E-state index is 0.0728. The van der Waals surface area contributed by atoms with E-state index in [1.165, 1.54) is 13.4 Å². The summed E-state index contributed by atoms with van der Waals surface area (Å²) in [5, 5.41) is 11.2. The number of nitrogens with zero attached hydrogens (tertiary/aromatic N) is 3. The molecule has 1 rings (SSSR count). The SMILES string of the molecule is CN=C(NCCSCc1ncn[nH]1)NP(=O)(O)O. The number of aromatic nitrogens is 3. The second-order valence-electron chi connectivity index (χ2n) is 3.14. The first-order chi connectivity index (χ1) is 8.51. The third-order valence-electron chi connectivity index (χ3n) is 1.72. The lowest BCUT2D eigenvalue weighted by Crippen LogP contribution is -2.36. The van der Waals surface area contributed by atoms with Crippen LogP contribution in [-0.4, -0.2) is 50.3 Å². The van der Waals surface area contributed by atoms with Crippen LogP contribution in [0.5, 0.6) is 0 Å². The van der Waals surface area contributed by atoms with Crippen molar-refractivity contribution in [1.82, 2.24) is 25.6 Å². The Morgan fingerprint density at radius 2 is 2.44 bits per heavy atom. The highest BCUT2D eigenvalue weighted by Gasteiger charge is 2.14. The molecule has 0 aliphatic carbocycles. The summed E-state index contributed by atoms with van der Waals surface area (Å²) in [6.45, 7) is 0.526. The lowest BCUT2D eigenvalue weighted by Gasteiger charge is -2.11. The molecule has 0 fully saturated rings. The summed E-state index contributed by atoms with van der Waals surface area (Å²) >= 11 is 1.61. The molecule has 1 heterocycles. The van der Waals surface area contributed by atoms with Crippen molar-refractivity contribution in [1.29, 1.82) is 0 Å². The standard InChI is InChI=1S/C7H15N6O3PS/c1-8-7(13-17(14,15)16)9-2-3-18-4-6-10-5-11-12-6/h5H,2-4H2,1H3,(H,10,11,12)(H4,8,9,13,14,15,16). The first kappa shape index (κ1) is 15.0. The van der Waals surface area contributed by atoms with E-state index in [1.807, 2.05) is 5.09 Å². The molecule has 0 saturated heterocycles. The molecule has 0 amide bonds. The monoisotopic (exact) mass is 294 g/mol. The smallest absolute Gasteiger partial charge is 0.355 e. The zero-order chi connectivity index (χ0) is 13.4. The van der Waals surface area contributed by atoms with Gasteiger partial charge in [0.2, 0.25) is 0 Å². The first-order valence-electron chi connectivity index (χ1n) is 4.98. The van der Waals surface area contributed by atoms with Crippen molar-refractivity contribution in [2.24, 2.45) is 4.99 Å². The fourth-order valence-electron chi connectivity index (χ4n) is 1.02. The molecule has 0 aliphatic heterocycles. The molecule has 0 unspecified atom stereocenters. The minimum atomic E-state index is -4.31. The Bertz CT molecular complexity index is 419. The number of hydrogen-bond donors (Lipinski definition) is 5. The first-order valence-corrected chi connectivity index (χ1v) is 7.74. The summed E-state index contributed by atoms with van der Waals surface area (Å²) < 4.78 is 10.7. The maximum atomic E-state index is 10.7. The van der Waals surface area contributed by atoms with Gasteiger partial charge >= 0.3 is 7.75 Å². The van der Waals surface area contributed by atoms with Crippen molar-refractivity contribution in [3.63, 3.8) is 0 Å². The Hall–Kier alpha value is -1.09. The van der Waals surface area contributed by atoms with Gasteiger partial charge in [-0.05, 0) is 0 Å². The highest BCUT2D eigenvalue weighted by atomic mass is 32.2. The molecular weight excluding hydrogens is 279 g/mol.